The molecule has 0 fully saturated rings. The van der Waals surface area contributed by atoms with Crippen LogP contribution in [0.25, 0.3) is 0 Å². The monoisotopic (exact) mass is 233 g/mol. The summed E-state index contributed by atoms with van der Waals surface area (Å²) < 4.78 is 1.85. The van der Waals surface area contributed by atoms with Gasteiger partial charge < -0.3 is 5.73 Å². The third-order valence-electron chi connectivity index (χ3n) is 2.40. The minimum absolute atomic E-state index is 0.804. The Labute approximate surface area is 99.7 Å². The molecule has 16 heavy (non-hydrogen) atoms. The molecule has 0 radical (unpaired) electrons. The second kappa shape index (κ2) is 4.61. The van der Waals surface area contributed by atoms with Gasteiger partial charge in [0.15, 0.2) is 0 Å². The van der Waals surface area contributed by atoms with Gasteiger partial charge in [-0.2, -0.15) is 5.10 Å². The maximum absolute atomic E-state index is 6.06. The molecule has 1 heterocycles. The molecule has 1 aromatic heterocycles. The Bertz CT molecular complexity index is 477. The van der Waals surface area contributed by atoms with E-state index in [2.05, 4.69) is 24.2 Å². The number of nitrogens with two attached hydrogens (primary N) is 1. The zero-order valence-corrected chi connectivity index (χ0v) is 10.3. The van der Waals surface area contributed by atoms with E-state index in [0.717, 1.165) is 22.8 Å². The quantitative estimate of drug-likeness (QED) is 0.886. The van der Waals surface area contributed by atoms with Crippen LogP contribution in [0, 0.1) is 0 Å². The summed E-state index contributed by atoms with van der Waals surface area (Å²) in [6.45, 7) is 2.07. The Morgan fingerprint density at radius 1 is 1.31 bits per heavy atom. The smallest absolute Gasteiger partial charge is 0.122 e. The van der Waals surface area contributed by atoms with Crippen molar-refractivity contribution in [3.63, 3.8) is 0 Å². The highest BCUT2D eigenvalue weighted by atomic mass is 32.2. The van der Waals surface area contributed by atoms with Gasteiger partial charge in [-0.3, -0.25) is 4.68 Å². The van der Waals surface area contributed by atoms with Crippen LogP contribution in [-0.4, -0.2) is 9.78 Å². The first-order valence-corrected chi connectivity index (χ1v) is 6.08. The standard InChI is InChI=1S/C12H15N3S/c1-3-10-11(13)12(15(2)14-10)16-9-7-5-4-6-8-9/h4-8H,3,13H2,1-2H3. The van der Waals surface area contributed by atoms with Gasteiger partial charge in [-0.25, -0.2) is 0 Å². The molecule has 84 valence electrons. The van der Waals surface area contributed by atoms with Gasteiger partial charge in [0, 0.05) is 11.9 Å². The van der Waals surface area contributed by atoms with Gasteiger partial charge in [-0.15, -0.1) is 0 Å². The lowest BCUT2D eigenvalue weighted by molar-refractivity contribution is 0.687. The first-order chi connectivity index (χ1) is 7.72. The highest BCUT2D eigenvalue weighted by Gasteiger charge is 2.12. The minimum Gasteiger partial charge on any atom is -0.395 e. The number of anilines is 1. The molecule has 0 aliphatic heterocycles. The molecule has 0 saturated heterocycles. The predicted octanol–water partition coefficient (Wildman–Crippen LogP) is 2.72. The molecule has 0 bridgehead atoms. The number of nitrogen functional groups attached to an aromatic ring is 1. The Morgan fingerprint density at radius 3 is 2.56 bits per heavy atom. The SMILES string of the molecule is CCc1nn(C)c(Sc2ccccc2)c1N. The molecule has 4 heteroatoms. The summed E-state index contributed by atoms with van der Waals surface area (Å²) in [6, 6.07) is 10.2. The summed E-state index contributed by atoms with van der Waals surface area (Å²) in [5, 5.41) is 5.41. The number of hydrogen-bond donors (Lipinski definition) is 1. The van der Waals surface area contributed by atoms with Crippen LogP contribution >= 0.6 is 11.8 Å². The normalized spacial score (nSPS) is 10.6. The Balaban J connectivity index is 2.31. The predicted molar refractivity (Wildman–Crippen MR) is 67.6 cm³/mol. The van der Waals surface area contributed by atoms with Crippen molar-refractivity contribution >= 4 is 17.4 Å². The summed E-state index contributed by atoms with van der Waals surface area (Å²) in [5.41, 5.74) is 7.84. The van der Waals surface area contributed by atoms with Crippen LogP contribution in [-0.2, 0) is 13.5 Å². The van der Waals surface area contributed by atoms with E-state index in [4.69, 9.17) is 5.73 Å². The van der Waals surface area contributed by atoms with Crippen molar-refractivity contribution in [1.29, 1.82) is 0 Å². The highest BCUT2D eigenvalue weighted by Crippen LogP contribution is 2.33. The van der Waals surface area contributed by atoms with Crippen molar-refractivity contribution in [2.45, 2.75) is 23.3 Å². The number of rotatable bonds is 3. The molecule has 2 rings (SSSR count). The fourth-order valence-corrected chi connectivity index (χ4v) is 2.48. The van der Waals surface area contributed by atoms with Crippen LogP contribution in [0.4, 0.5) is 5.69 Å². The van der Waals surface area contributed by atoms with E-state index in [1.807, 2.05) is 29.9 Å². The molecule has 0 atom stereocenters. The summed E-state index contributed by atoms with van der Waals surface area (Å²) in [5.74, 6) is 0. The van der Waals surface area contributed by atoms with Gasteiger partial charge in [0.05, 0.1) is 11.4 Å². The van der Waals surface area contributed by atoms with Crippen LogP contribution in [0.3, 0.4) is 0 Å². The molecule has 2 N–H and O–H groups in total. The zero-order valence-electron chi connectivity index (χ0n) is 9.47. The lowest BCUT2D eigenvalue weighted by Gasteiger charge is -2.02. The van der Waals surface area contributed by atoms with Crippen molar-refractivity contribution in [1.82, 2.24) is 9.78 Å². The lowest BCUT2D eigenvalue weighted by Crippen LogP contribution is -1.93. The van der Waals surface area contributed by atoms with Crippen LogP contribution in [0.2, 0.25) is 0 Å². The van der Waals surface area contributed by atoms with Gasteiger partial charge >= 0.3 is 0 Å². The van der Waals surface area contributed by atoms with Crippen LogP contribution in [0.5, 0.6) is 0 Å². The maximum atomic E-state index is 6.06. The van der Waals surface area contributed by atoms with E-state index in [-0.39, 0.29) is 0 Å². The maximum Gasteiger partial charge on any atom is 0.122 e. The summed E-state index contributed by atoms with van der Waals surface area (Å²) in [7, 11) is 1.93. The molecule has 0 amide bonds. The molecule has 0 saturated carbocycles. The van der Waals surface area contributed by atoms with Crippen LogP contribution in [0.15, 0.2) is 40.3 Å². The molecule has 0 unspecified atom stereocenters. The molecule has 3 nitrogen and oxygen atoms in total. The Morgan fingerprint density at radius 2 is 2.00 bits per heavy atom. The van der Waals surface area contributed by atoms with Gasteiger partial charge in [0.25, 0.3) is 0 Å². The second-order valence-corrected chi connectivity index (χ2v) is 4.62. The number of aromatic nitrogens is 2. The molecule has 0 aliphatic rings. The number of aryl methyl sites for hydroxylation is 2. The van der Waals surface area contributed by atoms with E-state index in [9.17, 15) is 0 Å². The van der Waals surface area contributed by atoms with E-state index < -0.39 is 0 Å². The van der Waals surface area contributed by atoms with Crippen molar-refractivity contribution in [3.05, 3.63) is 36.0 Å². The Hall–Kier alpha value is -1.42. The largest absolute Gasteiger partial charge is 0.395 e. The van der Waals surface area contributed by atoms with E-state index >= 15 is 0 Å². The molecular formula is C12H15N3S. The molecular weight excluding hydrogens is 218 g/mol. The minimum atomic E-state index is 0.804. The average molecular weight is 233 g/mol. The van der Waals surface area contributed by atoms with E-state index in [0.29, 0.717) is 0 Å². The van der Waals surface area contributed by atoms with Gasteiger partial charge in [-0.1, -0.05) is 36.9 Å². The molecule has 1 aromatic carbocycles. The highest BCUT2D eigenvalue weighted by molar-refractivity contribution is 7.99. The first kappa shape index (κ1) is 11.1. The molecule has 0 spiro atoms. The second-order valence-electron chi connectivity index (χ2n) is 3.56. The third kappa shape index (κ3) is 2.07. The summed E-state index contributed by atoms with van der Waals surface area (Å²) in [4.78, 5) is 1.18. The van der Waals surface area contributed by atoms with Crippen LogP contribution < -0.4 is 5.73 Å². The van der Waals surface area contributed by atoms with Crippen molar-refractivity contribution in [2.24, 2.45) is 7.05 Å². The first-order valence-electron chi connectivity index (χ1n) is 5.26. The number of hydrogen-bond acceptors (Lipinski definition) is 3. The third-order valence-corrected chi connectivity index (χ3v) is 3.58. The molecule has 2 aromatic rings. The summed E-state index contributed by atoms with van der Waals surface area (Å²) in [6.07, 6.45) is 0.870. The zero-order chi connectivity index (χ0) is 11.5. The topological polar surface area (TPSA) is 43.8 Å². The van der Waals surface area contributed by atoms with Crippen molar-refractivity contribution < 1.29 is 0 Å². The lowest BCUT2D eigenvalue weighted by atomic mass is 10.3. The van der Waals surface area contributed by atoms with Crippen molar-refractivity contribution in [3.8, 4) is 0 Å². The fraction of sp³-hybridized carbons (Fsp3) is 0.250. The van der Waals surface area contributed by atoms with Gasteiger partial charge in [-0.05, 0) is 18.6 Å². The fourth-order valence-electron chi connectivity index (χ4n) is 1.56. The number of benzene rings is 1. The van der Waals surface area contributed by atoms with Gasteiger partial charge in [0.1, 0.15) is 5.03 Å². The van der Waals surface area contributed by atoms with Crippen LogP contribution in [0.1, 0.15) is 12.6 Å². The van der Waals surface area contributed by atoms with Gasteiger partial charge in [0.2, 0.25) is 0 Å². The van der Waals surface area contributed by atoms with Crippen molar-refractivity contribution in [2.75, 3.05) is 5.73 Å². The average Bonchev–Trinajstić information content (AvgIpc) is 2.58. The Kier molecular flexibility index (Phi) is 3.19. The number of nitrogens with zero attached hydrogens (tertiary/aromatic N) is 2. The summed E-state index contributed by atoms with van der Waals surface area (Å²) >= 11 is 1.65. The molecule has 0 aliphatic carbocycles. The van der Waals surface area contributed by atoms with E-state index in [1.54, 1.807) is 11.8 Å². The van der Waals surface area contributed by atoms with E-state index in [1.165, 1.54) is 4.90 Å².